The smallest absolute Gasteiger partial charge is 0.0837 e. The molecule has 2 aromatic carbocycles. The van der Waals surface area contributed by atoms with E-state index in [1.807, 2.05) is 6.21 Å². The van der Waals surface area contributed by atoms with Crippen LogP contribution < -0.4 is 4.90 Å². The average molecular weight is 328 g/mol. The lowest BCUT2D eigenvalue weighted by molar-refractivity contribution is 0.330. The highest BCUT2D eigenvalue weighted by Crippen LogP contribution is 2.56. The van der Waals surface area contributed by atoms with Crippen molar-refractivity contribution >= 4 is 17.6 Å². The van der Waals surface area contributed by atoms with Gasteiger partial charge in [0.05, 0.1) is 12.1 Å². The fourth-order valence-electron chi connectivity index (χ4n) is 5.19. The van der Waals surface area contributed by atoms with Crippen LogP contribution in [0.15, 0.2) is 65.2 Å². The zero-order valence-electron chi connectivity index (χ0n) is 15.3. The van der Waals surface area contributed by atoms with Crippen LogP contribution in [0.3, 0.4) is 0 Å². The van der Waals surface area contributed by atoms with Crippen LogP contribution in [0.4, 0.5) is 11.4 Å². The van der Waals surface area contributed by atoms with Crippen molar-refractivity contribution in [3.8, 4) is 0 Å². The topological polar surface area (TPSA) is 15.6 Å². The molecule has 0 fully saturated rings. The molecule has 3 heterocycles. The Hall–Kier alpha value is -2.35. The van der Waals surface area contributed by atoms with Crippen molar-refractivity contribution in [2.45, 2.75) is 50.6 Å². The monoisotopic (exact) mass is 328 g/mol. The number of hydrogen-bond donors (Lipinski definition) is 0. The van der Waals surface area contributed by atoms with E-state index in [-0.39, 0.29) is 16.9 Å². The van der Waals surface area contributed by atoms with Crippen molar-refractivity contribution in [3.05, 3.63) is 71.3 Å². The zero-order chi connectivity index (χ0) is 17.4. The van der Waals surface area contributed by atoms with E-state index in [4.69, 9.17) is 4.99 Å². The highest BCUT2D eigenvalue weighted by atomic mass is 15.2. The Morgan fingerprint density at radius 3 is 2.16 bits per heavy atom. The minimum atomic E-state index is 0.0101. The van der Waals surface area contributed by atoms with E-state index in [0.717, 1.165) is 0 Å². The van der Waals surface area contributed by atoms with Crippen LogP contribution in [-0.4, -0.2) is 18.3 Å². The number of para-hydroxylation sites is 2. The molecular formula is C23H24N2. The second-order valence-electron chi connectivity index (χ2n) is 8.56. The maximum Gasteiger partial charge on any atom is 0.0837 e. The second-order valence-corrected chi connectivity index (χ2v) is 8.56. The summed E-state index contributed by atoms with van der Waals surface area (Å²) >= 11 is 0. The number of benzene rings is 2. The van der Waals surface area contributed by atoms with E-state index in [1.54, 1.807) is 0 Å². The molecule has 126 valence electrons. The van der Waals surface area contributed by atoms with Crippen molar-refractivity contribution in [3.63, 3.8) is 0 Å². The fourth-order valence-corrected chi connectivity index (χ4v) is 5.19. The van der Waals surface area contributed by atoms with Crippen molar-refractivity contribution in [1.82, 2.24) is 0 Å². The molecule has 25 heavy (non-hydrogen) atoms. The van der Waals surface area contributed by atoms with Crippen molar-refractivity contribution < 1.29 is 0 Å². The molecule has 0 saturated carbocycles. The lowest BCUT2D eigenvalue weighted by Crippen LogP contribution is -2.60. The molecule has 5 rings (SSSR count). The van der Waals surface area contributed by atoms with Gasteiger partial charge in [-0.3, -0.25) is 4.99 Å². The Balaban J connectivity index is 1.90. The maximum absolute atomic E-state index is 4.98. The van der Waals surface area contributed by atoms with Gasteiger partial charge in [0, 0.05) is 28.4 Å². The summed E-state index contributed by atoms with van der Waals surface area (Å²) in [5.74, 6) is 0. The lowest BCUT2D eigenvalue weighted by atomic mass is 9.61. The molecule has 0 aliphatic carbocycles. The Labute approximate surface area is 149 Å². The van der Waals surface area contributed by atoms with Gasteiger partial charge in [-0.2, -0.15) is 0 Å². The summed E-state index contributed by atoms with van der Waals surface area (Å²) in [6.07, 6.45) is 4.30. The number of anilines is 2. The molecule has 0 bridgehead atoms. The van der Waals surface area contributed by atoms with E-state index in [1.165, 1.54) is 28.1 Å². The number of dihydropyridines is 1. The molecule has 0 N–H and O–H groups in total. The van der Waals surface area contributed by atoms with Gasteiger partial charge in [-0.15, -0.1) is 0 Å². The van der Waals surface area contributed by atoms with Gasteiger partial charge < -0.3 is 4.90 Å². The highest BCUT2D eigenvalue weighted by Gasteiger charge is 2.54. The second kappa shape index (κ2) is 4.63. The average Bonchev–Trinajstić information content (AvgIpc) is 2.61. The molecule has 2 heteroatoms. The van der Waals surface area contributed by atoms with E-state index < -0.39 is 0 Å². The van der Waals surface area contributed by atoms with E-state index in [0.29, 0.717) is 6.04 Å². The Bertz CT molecular complexity index is 933. The molecule has 0 amide bonds. The number of fused-ring (bicyclic) bond motifs is 4. The van der Waals surface area contributed by atoms with Crippen LogP contribution in [0, 0.1) is 0 Å². The van der Waals surface area contributed by atoms with Gasteiger partial charge >= 0.3 is 0 Å². The van der Waals surface area contributed by atoms with Gasteiger partial charge in [0.2, 0.25) is 0 Å². The summed E-state index contributed by atoms with van der Waals surface area (Å²) in [6.45, 7) is 9.42. The third-order valence-corrected chi connectivity index (χ3v) is 6.55. The van der Waals surface area contributed by atoms with Crippen molar-refractivity contribution in [2.75, 3.05) is 4.90 Å². The Morgan fingerprint density at radius 2 is 1.44 bits per heavy atom. The first kappa shape index (κ1) is 14.9. The summed E-state index contributed by atoms with van der Waals surface area (Å²) in [5.41, 5.74) is 6.97. The molecule has 3 aliphatic rings. The third kappa shape index (κ3) is 1.72. The van der Waals surface area contributed by atoms with Gasteiger partial charge in [0.25, 0.3) is 0 Å². The van der Waals surface area contributed by atoms with Gasteiger partial charge in [0.15, 0.2) is 0 Å². The maximum atomic E-state index is 4.98. The quantitative estimate of drug-likeness (QED) is 0.652. The zero-order valence-corrected chi connectivity index (χ0v) is 15.3. The van der Waals surface area contributed by atoms with Gasteiger partial charge in [-0.25, -0.2) is 0 Å². The molecular weight excluding hydrogens is 304 g/mol. The predicted octanol–water partition coefficient (Wildman–Crippen LogP) is 5.16. The summed E-state index contributed by atoms with van der Waals surface area (Å²) in [7, 11) is 0. The van der Waals surface area contributed by atoms with Crippen LogP contribution in [-0.2, 0) is 10.8 Å². The molecule has 2 atom stereocenters. The normalized spacial score (nSPS) is 27.0. The van der Waals surface area contributed by atoms with E-state index in [2.05, 4.69) is 87.2 Å². The summed E-state index contributed by atoms with van der Waals surface area (Å²) < 4.78 is 0. The Kier molecular flexibility index (Phi) is 2.77. The molecule has 3 aliphatic heterocycles. The van der Waals surface area contributed by atoms with E-state index in [9.17, 15) is 0 Å². The minimum absolute atomic E-state index is 0.0101. The molecule has 0 saturated heterocycles. The Morgan fingerprint density at radius 1 is 0.840 bits per heavy atom. The molecule has 2 nitrogen and oxygen atoms in total. The fraction of sp³-hybridized carbons (Fsp3) is 0.348. The van der Waals surface area contributed by atoms with Crippen LogP contribution >= 0.6 is 0 Å². The number of nitrogens with zero attached hydrogens (tertiary/aromatic N) is 2. The number of rotatable bonds is 0. The summed E-state index contributed by atoms with van der Waals surface area (Å²) in [5, 5.41) is 0. The third-order valence-electron chi connectivity index (χ3n) is 6.55. The molecule has 0 spiro atoms. The molecule has 0 aromatic heterocycles. The first-order chi connectivity index (χ1) is 11.9. The van der Waals surface area contributed by atoms with Crippen LogP contribution in [0.1, 0.15) is 38.8 Å². The van der Waals surface area contributed by atoms with E-state index >= 15 is 0 Å². The van der Waals surface area contributed by atoms with Crippen molar-refractivity contribution in [1.29, 1.82) is 0 Å². The van der Waals surface area contributed by atoms with Gasteiger partial charge in [-0.05, 0) is 34.9 Å². The SMILES string of the molecule is CC1(C)C2=CC=NC3C2N(c2ccccc21)c1ccccc1C3(C)C. The van der Waals surface area contributed by atoms with Gasteiger partial charge in [0.1, 0.15) is 0 Å². The van der Waals surface area contributed by atoms with Crippen LogP contribution in [0.25, 0.3) is 0 Å². The molecule has 2 unspecified atom stereocenters. The first-order valence-electron chi connectivity index (χ1n) is 9.16. The van der Waals surface area contributed by atoms with Crippen molar-refractivity contribution in [2.24, 2.45) is 4.99 Å². The summed E-state index contributed by atoms with van der Waals surface area (Å²) in [6, 6.07) is 18.3. The highest BCUT2D eigenvalue weighted by molar-refractivity contribution is 5.85. The van der Waals surface area contributed by atoms with Crippen LogP contribution in [0.5, 0.6) is 0 Å². The van der Waals surface area contributed by atoms with Gasteiger partial charge in [-0.1, -0.05) is 64.1 Å². The molecule has 2 aromatic rings. The number of allylic oxidation sites excluding steroid dienone is 1. The lowest BCUT2D eigenvalue weighted by Gasteiger charge is -2.57. The largest absolute Gasteiger partial charge is 0.331 e. The summed E-state index contributed by atoms with van der Waals surface area (Å²) in [4.78, 5) is 7.53. The number of hydrogen-bond acceptors (Lipinski definition) is 2. The van der Waals surface area contributed by atoms with Crippen LogP contribution in [0.2, 0.25) is 0 Å². The molecule has 0 radical (unpaired) electrons. The minimum Gasteiger partial charge on any atom is -0.331 e. The standard InChI is InChI=1S/C23H24N2/c1-22(2)15-9-5-7-11-18(15)25-19-12-8-6-10-16(19)23(3,4)21-20(25)17(22)13-14-24-21/h5-14,20-21H,1-4H3. The predicted molar refractivity (Wildman–Crippen MR) is 105 cm³/mol. The number of aliphatic imine (C=N–C) groups is 1. The first-order valence-corrected chi connectivity index (χ1v) is 9.16.